The Morgan fingerprint density at radius 3 is 2.65 bits per heavy atom. The Morgan fingerprint density at radius 2 is 1.88 bits per heavy atom. The summed E-state index contributed by atoms with van der Waals surface area (Å²) in [5, 5.41) is 13.2. The van der Waals surface area contributed by atoms with Crippen molar-refractivity contribution < 1.29 is 13.2 Å². The fourth-order valence-corrected chi connectivity index (χ4v) is 5.56. The number of carbonyl (C=O) groups excluding carboxylic acids is 1. The second-order valence-electron chi connectivity index (χ2n) is 7.71. The number of H-pyrrole nitrogens is 1. The van der Waals surface area contributed by atoms with Gasteiger partial charge in [-0.25, -0.2) is 13.4 Å². The smallest absolute Gasteiger partial charge is 0.275 e. The number of amides is 1. The summed E-state index contributed by atoms with van der Waals surface area (Å²) in [5.74, 6) is -0.485. The number of benzene rings is 2. The highest BCUT2D eigenvalue weighted by atomic mass is 32.2. The van der Waals surface area contributed by atoms with Gasteiger partial charge in [-0.2, -0.15) is 5.10 Å². The average Bonchev–Trinajstić information content (AvgIpc) is 3.49. The predicted octanol–water partition coefficient (Wildman–Crippen LogP) is 4.62. The van der Waals surface area contributed by atoms with Crippen molar-refractivity contribution in [2.45, 2.75) is 17.6 Å². The first-order valence-electron chi connectivity index (χ1n) is 10.3. The van der Waals surface area contributed by atoms with Crippen molar-refractivity contribution in [3.05, 3.63) is 88.8 Å². The van der Waals surface area contributed by atoms with Crippen molar-refractivity contribution in [3.63, 3.8) is 0 Å². The summed E-state index contributed by atoms with van der Waals surface area (Å²) in [4.78, 5) is 21.5. The number of rotatable bonds is 6. The zero-order valence-electron chi connectivity index (χ0n) is 18.0. The lowest BCUT2D eigenvalue weighted by molar-refractivity contribution is 0.102. The second kappa shape index (κ2) is 8.81. The van der Waals surface area contributed by atoms with Crippen LogP contribution >= 0.6 is 11.3 Å². The van der Waals surface area contributed by atoms with Crippen LogP contribution in [-0.2, 0) is 15.6 Å². The number of aromatic amines is 1. The van der Waals surface area contributed by atoms with Gasteiger partial charge in [0.1, 0.15) is 5.69 Å². The number of nitrogens with one attached hydrogen (secondary N) is 2. The zero-order chi connectivity index (χ0) is 23.7. The summed E-state index contributed by atoms with van der Waals surface area (Å²) in [7, 11) is -3.51. The molecule has 10 heteroatoms. The molecule has 0 radical (unpaired) electrons. The van der Waals surface area contributed by atoms with Crippen LogP contribution in [0.5, 0.6) is 0 Å². The highest BCUT2D eigenvalue weighted by molar-refractivity contribution is 7.90. The molecule has 0 spiro atoms. The third-order valence-electron chi connectivity index (χ3n) is 5.25. The molecule has 0 aliphatic heterocycles. The molecule has 1 amide bonds. The van der Waals surface area contributed by atoms with Crippen LogP contribution in [0.25, 0.3) is 22.0 Å². The summed E-state index contributed by atoms with van der Waals surface area (Å²) in [6.07, 6.45) is 4.85. The molecule has 2 aromatic carbocycles. The minimum atomic E-state index is -3.51. The molecule has 0 bridgehead atoms. The number of nitrogens with zero attached hydrogens (tertiary/aromatic N) is 3. The number of pyridine rings is 1. The Bertz CT molecular complexity index is 1610. The van der Waals surface area contributed by atoms with Crippen molar-refractivity contribution in [1.29, 1.82) is 0 Å². The molecule has 0 unspecified atom stereocenters. The van der Waals surface area contributed by atoms with E-state index in [9.17, 15) is 13.2 Å². The maximum atomic E-state index is 12.8. The maximum Gasteiger partial charge on any atom is 0.275 e. The normalized spacial score (nSPS) is 11.6. The van der Waals surface area contributed by atoms with Gasteiger partial charge in [-0.1, -0.05) is 18.2 Å². The van der Waals surface area contributed by atoms with Gasteiger partial charge in [0.2, 0.25) is 0 Å². The lowest BCUT2D eigenvalue weighted by Gasteiger charge is -2.10. The Hall–Kier alpha value is -3.89. The van der Waals surface area contributed by atoms with Gasteiger partial charge in [0.15, 0.2) is 9.84 Å². The number of aromatic nitrogens is 4. The number of anilines is 1. The second-order valence-corrected chi connectivity index (χ2v) is 10.8. The molecule has 2 N–H and O–H groups in total. The molecule has 8 nitrogen and oxygen atoms in total. The van der Waals surface area contributed by atoms with Gasteiger partial charge in [-0.3, -0.25) is 14.9 Å². The molecule has 0 saturated heterocycles. The topological polar surface area (TPSA) is 118 Å². The van der Waals surface area contributed by atoms with Crippen LogP contribution in [0, 0.1) is 6.92 Å². The largest absolute Gasteiger partial charge is 0.320 e. The van der Waals surface area contributed by atoms with Gasteiger partial charge in [-0.15, -0.1) is 11.3 Å². The first-order valence-corrected chi connectivity index (χ1v) is 12.8. The lowest BCUT2D eigenvalue weighted by Crippen LogP contribution is -2.12. The standard InChI is InChI=1S/C24H19N5O3S2/c1-15-27-23(13-33-15)24(30)28-21-8-17(9-22-20(21)12-26-29-22)18-7-16(10-25-11-18)14-34(31,32)19-5-3-2-4-6-19/h2-13H,14H2,1H3,(H,26,29)(H,28,30). The highest BCUT2D eigenvalue weighted by Gasteiger charge is 2.17. The van der Waals surface area contributed by atoms with Crippen molar-refractivity contribution in [2.75, 3.05) is 5.32 Å². The Balaban J connectivity index is 1.48. The molecule has 5 aromatic rings. The predicted molar refractivity (Wildman–Crippen MR) is 131 cm³/mol. The maximum absolute atomic E-state index is 12.8. The van der Waals surface area contributed by atoms with Crippen LogP contribution in [0.2, 0.25) is 0 Å². The molecule has 170 valence electrons. The monoisotopic (exact) mass is 489 g/mol. The molecule has 0 saturated carbocycles. The molecule has 3 heterocycles. The van der Waals surface area contributed by atoms with Crippen LogP contribution in [0.1, 0.15) is 21.1 Å². The fourth-order valence-electron chi connectivity index (χ4n) is 3.63. The van der Waals surface area contributed by atoms with Gasteiger partial charge >= 0.3 is 0 Å². The first kappa shape index (κ1) is 21.9. The molecule has 0 aliphatic rings. The Labute approximate surface area is 199 Å². The minimum absolute atomic E-state index is 0.170. The van der Waals surface area contributed by atoms with E-state index in [-0.39, 0.29) is 16.6 Å². The van der Waals surface area contributed by atoms with E-state index in [1.807, 2.05) is 19.1 Å². The van der Waals surface area contributed by atoms with E-state index in [4.69, 9.17) is 0 Å². The van der Waals surface area contributed by atoms with E-state index >= 15 is 0 Å². The van der Waals surface area contributed by atoms with E-state index in [0.717, 1.165) is 27.0 Å². The molecular formula is C24H19N5O3S2. The molecule has 5 rings (SSSR count). The average molecular weight is 490 g/mol. The third kappa shape index (κ3) is 4.45. The molecule has 0 fully saturated rings. The van der Waals surface area contributed by atoms with Gasteiger partial charge in [0.25, 0.3) is 5.91 Å². The number of thiazole rings is 1. The van der Waals surface area contributed by atoms with Crippen molar-refractivity contribution >= 4 is 43.7 Å². The fraction of sp³-hybridized carbons (Fsp3) is 0.0833. The molecule has 0 atom stereocenters. The quantitative estimate of drug-likeness (QED) is 0.359. The summed E-state index contributed by atoms with van der Waals surface area (Å²) in [5.41, 5.74) is 3.68. The molecule has 0 aliphatic carbocycles. The number of aryl methyl sites for hydroxylation is 1. The summed E-state index contributed by atoms with van der Waals surface area (Å²) in [6.45, 7) is 1.84. The number of fused-ring (bicyclic) bond motifs is 1. The van der Waals surface area contributed by atoms with E-state index in [1.165, 1.54) is 11.3 Å². The Morgan fingerprint density at radius 1 is 1.06 bits per heavy atom. The SMILES string of the molecule is Cc1nc(C(=O)Nc2cc(-c3cncc(CS(=O)(=O)c4ccccc4)c3)cc3[nH]ncc23)cs1. The van der Waals surface area contributed by atoms with Crippen LogP contribution in [-0.4, -0.2) is 34.5 Å². The van der Waals surface area contributed by atoms with Crippen molar-refractivity contribution in [2.24, 2.45) is 0 Å². The zero-order valence-corrected chi connectivity index (χ0v) is 19.7. The summed E-state index contributed by atoms with van der Waals surface area (Å²) < 4.78 is 25.6. The molecule has 3 aromatic heterocycles. The van der Waals surface area contributed by atoms with Gasteiger partial charge in [0, 0.05) is 28.7 Å². The van der Waals surface area contributed by atoms with Gasteiger partial charge in [-0.05, 0) is 48.4 Å². The minimum Gasteiger partial charge on any atom is -0.320 e. The lowest BCUT2D eigenvalue weighted by atomic mass is 10.0. The third-order valence-corrected chi connectivity index (χ3v) is 7.72. The van der Waals surface area contributed by atoms with E-state index in [1.54, 1.807) is 60.4 Å². The number of sulfone groups is 1. The van der Waals surface area contributed by atoms with Crippen LogP contribution < -0.4 is 5.32 Å². The summed E-state index contributed by atoms with van der Waals surface area (Å²) in [6, 6.07) is 13.8. The number of carbonyl (C=O) groups is 1. The van der Waals surface area contributed by atoms with Crippen LogP contribution in [0.4, 0.5) is 5.69 Å². The highest BCUT2D eigenvalue weighted by Crippen LogP contribution is 2.31. The summed E-state index contributed by atoms with van der Waals surface area (Å²) >= 11 is 1.41. The first-order chi connectivity index (χ1) is 16.4. The van der Waals surface area contributed by atoms with Gasteiger partial charge in [0.05, 0.1) is 33.1 Å². The van der Waals surface area contributed by atoms with E-state index in [0.29, 0.717) is 16.9 Å². The molecule has 34 heavy (non-hydrogen) atoms. The Kier molecular flexibility index (Phi) is 5.68. The van der Waals surface area contributed by atoms with E-state index in [2.05, 4.69) is 25.5 Å². The van der Waals surface area contributed by atoms with Crippen LogP contribution in [0.15, 0.2) is 77.4 Å². The number of hydrogen-bond acceptors (Lipinski definition) is 7. The molecular weight excluding hydrogens is 470 g/mol. The van der Waals surface area contributed by atoms with Gasteiger partial charge < -0.3 is 5.32 Å². The number of hydrogen-bond donors (Lipinski definition) is 2. The van der Waals surface area contributed by atoms with Crippen LogP contribution in [0.3, 0.4) is 0 Å². The van der Waals surface area contributed by atoms with Crippen molar-refractivity contribution in [3.8, 4) is 11.1 Å². The van der Waals surface area contributed by atoms with Crippen molar-refractivity contribution in [1.82, 2.24) is 20.2 Å². The van der Waals surface area contributed by atoms with E-state index < -0.39 is 9.84 Å².